The number of nitrogens with zero attached hydrogens (tertiary/aromatic N) is 1. The predicted molar refractivity (Wildman–Crippen MR) is 89.4 cm³/mol. The molecule has 0 fully saturated rings. The summed E-state index contributed by atoms with van der Waals surface area (Å²) in [7, 11) is 0. The van der Waals surface area contributed by atoms with Gasteiger partial charge in [-0.2, -0.15) is 5.26 Å². The lowest BCUT2D eigenvalue weighted by molar-refractivity contribution is -0.116. The summed E-state index contributed by atoms with van der Waals surface area (Å²) in [5, 5.41) is 23.8. The molecule has 0 aliphatic rings. The summed E-state index contributed by atoms with van der Waals surface area (Å²) < 4.78 is 0. The zero-order valence-corrected chi connectivity index (χ0v) is 13.1. The van der Waals surface area contributed by atoms with Crippen LogP contribution in [0.1, 0.15) is 29.3 Å². The average Bonchev–Trinajstić information content (AvgIpc) is 2.57. The highest BCUT2D eigenvalue weighted by Crippen LogP contribution is 2.24. The summed E-state index contributed by atoms with van der Waals surface area (Å²) in [5.74, 6) is -0.755. The number of anilines is 1. The second kappa shape index (κ2) is 7.79. The highest BCUT2D eigenvalue weighted by Gasteiger charge is 2.14. The third-order valence-corrected chi connectivity index (χ3v) is 3.30. The molecule has 0 radical (unpaired) electrons. The SMILES string of the molecule is C[C@H](CC(=O)Nc1cc(C#N)ccc1O)NC(=O)c1ccccc1. The van der Waals surface area contributed by atoms with Crippen molar-refractivity contribution in [3.05, 3.63) is 59.7 Å². The van der Waals surface area contributed by atoms with Crippen LogP contribution in [0.25, 0.3) is 0 Å². The maximum Gasteiger partial charge on any atom is 0.251 e. The van der Waals surface area contributed by atoms with Crippen LogP contribution in [0.2, 0.25) is 0 Å². The van der Waals surface area contributed by atoms with Crippen LogP contribution < -0.4 is 10.6 Å². The normalized spacial score (nSPS) is 11.2. The predicted octanol–water partition coefficient (Wildman–Crippen LogP) is 2.41. The first-order valence-corrected chi connectivity index (χ1v) is 7.38. The Bertz CT molecular complexity index is 782. The summed E-state index contributed by atoms with van der Waals surface area (Å²) in [6.07, 6.45) is 0.0365. The lowest BCUT2D eigenvalue weighted by atomic mass is 10.1. The first-order valence-electron chi connectivity index (χ1n) is 7.38. The molecular formula is C18H17N3O3. The molecule has 0 bridgehead atoms. The van der Waals surface area contributed by atoms with Gasteiger partial charge in [-0.25, -0.2) is 0 Å². The van der Waals surface area contributed by atoms with Gasteiger partial charge in [-0.1, -0.05) is 18.2 Å². The van der Waals surface area contributed by atoms with Gasteiger partial charge in [0.2, 0.25) is 5.91 Å². The van der Waals surface area contributed by atoms with Gasteiger partial charge in [-0.15, -0.1) is 0 Å². The fraction of sp³-hybridized carbons (Fsp3) is 0.167. The number of carbonyl (C=O) groups excluding carboxylic acids is 2. The molecule has 0 heterocycles. The van der Waals surface area contributed by atoms with Crippen LogP contribution in [-0.2, 0) is 4.79 Å². The molecule has 6 nitrogen and oxygen atoms in total. The number of nitrogens with one attached hydrogen (secondary N) is 2. The third kappa shape index (κ3) is 4.58. The molecular weight excluding hydrogens is 306 g/mol. The molecule has 24 heavy (non-hydrogen) atoms. The summed E-state index contributed by atoms with van der Waals surface area (Å²) in [5.41, 5.74) is 1.01. The Kier molecular flexibility index (Phi) is 5.53. The molecule has 0 spiro atoms. The summed E-state index contributed by atoms with van der Waals surface area (Å²) >= 11 is 0. The van der Waals surface area contributed by atoms with Crippen LogP contribution in [0.15, 0.2) is 48.5 Å². The van der Waals surface area contributed by atoms with Gasteiger partial charge < -0.3 is 15.7 Å². The minimum Gasteiger partial charge on any atom is -0.506 e. The number of rotatable bonds is 5. The number of hydrogen-bond donors (Lipinski definition) is 3. The van der Waals surface area contributed by atoms with E-state index in [-0.39, 0.29) is 35.7 Å². The zero-order chi connectivity index (χ0) is 17.5. The number of amides is 2. The average molecular weight is 323 g/mol. The van der Waals surface area contributed by atoms with Crippen LogP contribution in [-0.4, -0.2) is 23.0 Å². The molecule has 0 aliphatic heterocycles. The van der Waals surface area contributed by atoms with E-state index in [1.165, 1.54) is 18.2 Å². The van der Waals surface area contributed by atoms with Crippen molar-refractivity contribution in [3.63, 3.8) is 0 Å². The van der Waals surface area contributed by atoms with Gasteiger partial charge in [0.1, 0.15) is 5.75 Å². The highest BCUT2D eigenvalue weighted by molar-refractivity contribution is 5.96. The summed E-state index contributed by atoms with van der Waals surface area (Å²) in [6, 6.07) is 14.4. The van der Waals surface area contributed by atoms with Gasteiger partial charge in [0.05, 0.1) is 17.3 Å². The molecule has 0 saturated heterocycles. The molecule has 2 aromatic rings. The Morgan fingerprint density at radius 1 is 1.21 bits per heavy atom. The number of nitriles is 1. The molecule has 3 N–H and O–H groups in total. The molecule has 2 aromatic carbocycles. The van der Waals surface area contributed by atoms with Crippen molar-refractivity contribution in [2.45, 2.75) is 19.4 Å². The Morgan fingerprint density at radius 3 is 2.58 bits per heavy atom. The fourth-order valence-electron chi connectivity index (χ4n) is 2.13. The van der Waals surface area contributed by atoms with Gasteiger partial charge in [0.15, 0.2) is 0 Å². The van der Waals surface area contributed by atoms with Crippen LogP contribution in [0, 0.1) is 11.3 Å². The number of phenolic OH excluding ortho intramolecular Hbond substituents is 1. The molecule has 2 rings (SSSR count). The number of hydrogen-bond acceptors (Lipinski definition) is 4. The lowest BCUT2D eigenvalue weighted by Gasteiger charge is -2.14. The van der Waals surface area contributed by atoms with E-state index in [1.54, 1.807) is 31.2 Å². The van der Waals surface area contributed by atoms with Gasteiger partial charge in [0.25, 0.3) is 5.91 Å². The molecule has 0 unspecified atom stereocenters. The van der Waals surface area contributed by atoms with Crippen LogP contribution >= 0.6 is 0 Å². The quantitative estimate of drug-likeness (QED) is 0.735. The monoisotopic (exact) mass is 323 g/mol. The first-order chi connectivity index (χ1) is 11.5. The topological polar surface area (TPSA) is 102 Å². The van der Waals surface area contributed by atoms with E-state index in [4.69, 9.17) is 5.26 Å². The van der Waals surface area contributed by atoms with E-state index in [9.17, 15) is 14.7 Å². The van der Waals surface area contributed by atoms with Crippen molar-refractivity contribution in [3.8, 4) is 11.8 Å². The maximum atomic E-state index is 12.0. The number of carbonyl (C=O) groups is 2. The smallest absolute Gasteiger partial charge is 0.251 e. The van der Waals surface area contributed by atoms with Crippen LogP contribution in [0.5, 0.6) is 5.75 Å². The highest BCUT2D eigenvalue weighted by atomic mass is 16.3. The molecule has 0 saturated carbocycles. The third-order valence-electron chi connectivity index (χ3n) is 3.30. The van der Waals surface area contributed by atoms with E-state index >= 15 is 0 Å². The Hall–Kier alpha value is -3.33. The second-order valence-corrected chi connectivity index (χ2v) is 5.34. The van der Waals surface area contributed by atoms with Crippen LogP contribution in [0.3, 0.4) is 0 Å². The Morgan fingerprint density at radius 2 is 1.92 bits per heavy atom. The van der Waals surface area contributed by atoms with Crippen molar-refractivity contribution in [2.75, 3.05) is 5.32 Å². The molecule has 6 heteroatoms. The van der Waals surface area contributed by atoms with Crippen molar-refractivity contribution < 1.29 is 14.7 Å². The molecule has 122 valence electrons. The van der Waals surface area contributed by atoms with E-state index in [1.807, 2.05) is 12.1 Å². The van der Waals surface area contributed by atoms with Gasteiger partial charge in [-0.3, -0.25) is 9.59 Å². The number of benzene rings is 2. The summed E-state index contributed by atoms with van der Waals surface area (Å²) in [4.78, 5) is 24.0. The lowest BCUT2D eigenvalue weighted by Crippen LogP contribution is -2.35. The van der Waals surface area contributed by atoms with Gasteiger partial charge in [0, 0.05) is 18.0 Å². The molecule has 0 aliphatic carbocycles. The zero-order valence-electron chi connectivity index (χ0n) is 13.1. The van der Waals surface area contributed by atoms with Crippen molar-refractivity contribution in [2.24, 2.45) is 0 Å². The molecule has 1 atom stereocenters. The van der Waals surface area contributed by atoms with E-state index in [0.717, 1.165) is 0 Å². The van der Waals surface area contributed by atoms with Crippen molar-refractivity contribution in [1.82, 2.24) is 5.32 Å². The second-order valence-electron chi connectivity index (χ2n) is 5.34. The van der Waals surface area contributed by atoms with Crippen molar-refractivity contribution in [1.29, 1.82) is 5.26 Å². The van der Waals surface area contributed by atoms with E-state index < -0.39 is 0 Å². The Balaban J connectivity index is 1.93. The van der Waals surface area contributed by atoms with Crippen LogP contribution in [0.4, 0.5) is 5.69 Å². The number of aromatic hydroxyl groups is 1. The Labute approximate surface area is 139 Å². The fourth-order valence-corrected chi connectivity index (χ4v) is 2.13. The standard InChI is InChI=1S/C18H17N3O3/c1-12(20-18(24)14-5-3-2-4-6-14)9-17(23)21-15-10-13(11-19)7-8-16(15)22/h2-8,10,12,22H,9H2,1H3,(H,20,24)(H,21,23)/t12-/m1/s1. The summed E-state index contributed by atoms with van der Waals surface area (Å²) in [6.45, 7) is 1.71. The maximum absolute atomic E-state index is 12.0. The van der Waals surface area contributed by atoms with Gasteiger partial charge in [-0.05, 0) is 37.3 Å². The minimum atomic E-state index is -0.390. The largest absolute Gasteiger partial charge is 0.506 e. The molecule has 2 amide bonds. The molecule has 0 aromatic heterocycles. The van der Waals surface area contributed by atoms with Crippen molar-refractivity contribution >= 4 is 17.5 Å². The first kappa shape index (κ1) is 17.0. The van der Waals surface area contributed by atoms with E-state index in [0.29, 0.717) is 11.1 Å². The minimum absolute atomic E-state index is 0.0365. The number of phenols is 1. The van der Waals surface area contributed by atoms with E-state index in [2.05, 4.69) is 10.6 Å². The van der Waals surface area contributed by atoms with Gasteiger partial charge >= 0.3 is 0 Å².